The quantitative estimate of drug-likeness (QED) is 0.668. The lowest BCUT2D eigenvalue weighted by atomic mass is 9.87. The number of aliphatic hydroxyl groups is 2. The molecule has 3 N–H and O–H groups in total. The first kappa shape index (κ1) is 16.2. The van der Waals surface area contributed by atoms with Gasteiger partial charge in [0.1, 0.15) is 0 Å². The Kier molecular flexibility index (Phi) is 7.28. The van der Waals surface area contributed by atoms with Crippen LogP contribution >= 0.6 is 0 Å². The van der Waals surface area contributed by atoms with E-state index in [1.54, 1.807) is 0 Å². The molecule has 0 bridgehead atoms. The van der Waals surface area contributed by atoms with Gasteiger partial charge in [-0.05, 0) is 44.6 Å². The molecule has 0 amide bonds. The summed E-state index contributed by atoms with van der Waals surface area (Å²) < 4.78 is 5.77. The number of hydrogen-bond donors (Lipinski definition) is 3. The molecule has 0 radical (unpaired) electrons. The van der Waals surface area contributed by atoms with Crippen molar-refractivity contribution in [3.63, 3.8) is 0 Å². The number of aliphatic hydroxyl groups excluding tert-OH is 2. The van der Waals surface area contributed by atoms with Gasteiger partial charge in [-0.15, -0.1) is 0 Å². The van der Waals surface area contributed by atoms with Crippen LogP contribution in [-0.2, 0) is 4.74 Å². The first-order valence-corrected chi connectivity index (χ1v) is 8.42. The Balaban J connectivity index is 1.50. The Hall–Kier alpha value is -0.160. The van der Waals surface area contributed by atoms with Crippen LogP contribution in [0.3, 0.4) is 0 Å². The summed E-state index contributed by atoms with van der Waals surface area (Å²) >= 11 is 0. The van der Waals surface area contributed by atoms with Gasteiger partial charge in [0.15, 0.2) is 0 Å². The van der Waals surface area contributed by atoms with Crippen LogP contribution in [0.5, 0.6) is 0 Å². The van der Waals surface area contributed by atoms with Gasteiger partial charge in [0, 0.05) is 6.54 Å². The second kappa shape index (κ2) is 8.98. The van der Waals surface area contributed by atoms with Crippen LogP contribution in [0.1, 0.15) is 57.8 Å². The van der Waals surface area contributed by atoms with Gasteiger partial charge in [0.25, 0.3) is 0 Å². The third kappa shape index (κ3) is 6.08. The number of hydrogen-bond acceptors (Lipinski definition) is 4. The minimum atomic E-state index is -0.412. The van der Waals surface area contributed by atoms with E-state index >= 15 is 0 Å². The molecule has 0 aliphatic heterocycles. The maximum absolute atomic E-state index is 9.92. The molecule has 0 aromatic heterocycles. The topological polar surface area (TPSA) is 61.7 Å². The first-order chi connectivity index (χ1) is 9.74. The van der Waals surface area contributed by atoms with Crippen LogP contribution in [-0.4, -0.2) is 48.2 Å². The van der Waals surface area contributed by atoms with Crippen LogP contribution in [0.4, 0.5) is 0 Å². The molecule has 2 aliphatic carbocycles. The third-order valence-corrected chi connectivity index (χ3v) is 4.64. The maximum atomic E-state index is 9.92. The van der Waals surface area contributed by atoms with Crippen molar-refractivity contribution in [1.29, 1.82) is 0 Å². The number of rotatable bonds is 7. The second-order valence-electron chi connectivity index (χ2n) is 6.59. The molecule has 2 rings (SSSR count). The maximum Gasteiger partial charge on any atom is 0.0897 e. The molecule has 20 heavy (non-hydrogen) atoms. The molecule has 0 aromatic carbocycles. The average molecular weight is 285 g/mol. The van der Waals surface area contributed by atoms with Gasteiger partial charge in [-0.3, -0.25) is 0 Å². The van der Waals surface area contributed by atoms with E-state index in [1.165, 1.54) is 25.7 Å². The molecule has 0 heterocycles. The normalized spacial score (nSPS) is 30.3. The van der Waals surface area contributed by atoms with Gasteiger partial charge in [0.05, 0.1) is 24.9 Å². The van der Waals surface area contributed by atoms with E-state index in [0.717, 1.165) is 38.6 Å². The average Bonchev–Trinajstić information content (AvgIpc) is 2.46. The smallest absolute Gasteiger partial charge is 0.0897 e. The van der Waals surface area contributed by atoms with E-state index in [-0.39, 0.29) is 6.10 Å². The molecule has 0 aromatic rings. The Labute approximate surface area is 122 Å². The molecule has 3 atom stereocenters. The predicted octanol–water partition coefficient (Wildman–Crippen LogP) is 1.84. The predicted molar refractivity (Wildman–Crippen MR) is 79.7 cm³/mol. The molecule has 2 aliphatic rings. The molecule has 0 spiro atoms. The third-order valence-electron chi connectivity index (χ3n) is 4.64. The van der Waals surface area contributed by atoms with Gasteiger partial charge >= 0.3 is 0 Å². The minimum Gasteiger partial charge on any atom is -0.393 e. The molecule has 4 heteroatoms. The minimum absolute atomic E-state index is 0.116. The Morgan fingerprint density at radius 1 is 1.05 bits per heavy atom. The summed E-state index contributed by atoms with van der Waals surface area (Å²) in [5.41, 5.74) is 0. The van der Waals surface area contributed by atoms with Crippen LogP contribution in [0.25, 0.3) is 0 Å². The van der Waals surface area contributed by atoms with Crippen molar-refractivity contribution in [3.8, 4) is 0 Å². The van der Waals surface area contributed by atoms with Gasteiger partial charge in [0.2, 0.25) is 0 Å². The van der Waals surface area contributed by atoms with E-state index in [9.17, 15) is 10.2 Å². The molecule has 4 nitrogen and oxygen atoms in total. The van der Waals surface area contributed by atoms with E-state index in [4.69, 9.17) is 4.74 Å². The van der Waals surface area contributed by atoms with Crippen LogP contribution < -0.4 is 5.32 Å². The zero-order chi connectivity index (χ0) is 14.2. The van der Waals surface area contributed by atoms with Crippen LogP contribution in [0, 0.1) is 5.92 Å². The molecule has 3 unspecified atom stereocenters. The van der Waals surface area contributed by atoms with E-state index in [0.29, 0.717) is 25.2 Å². The summed E-state index contributed by atoms with van der Waals surface area (Å²) in [7, 11) is 0. The largest absolute Gasteiger partial charge is 0.393 e. The summed E-state index contributed by atoms with van der Waals surface area (Å²) in [5, 5.41) is 22.9. The van der Waals surface area contributed by atoms with Crippen molar-refractivity contribution in [2.75, 3.05) is 19.7 Å². The first-order valence-electron chi connectivity index (χ1n) is 8.42. The Morgan fingerprint density at radius 2 is 1.85 bits per heavy atom. The highest BCUT2D eigenvalue weighted by molar-refractivity contribution is 4.74. The number of ether oxygens (including phenoxy) is 1. The fourth-order valence-electron chi connectivity index (χ4n) is 3.44. The fourth-order valence-corrected chi connectivity index (χ4v) is 3.44. The standard InChI is InChI=1S/C16H31NO3/c18-14-6-4-5-13(9-14)10-17-11-15(19)12-20-16-7-2-1-3-8-16/h13-19H,1-12H2. The van der Waals surface area contributed by atoms with Crippen molar-refractivity contribution in [2.45, 2.75) is 76.1 Å². The lowest BCUT2D eigenvalue weighted by Gasteiger charge is -2.27. The molecular formula is C16H31NO3. The van der Waals surface area contributed by atoms with Crippen molar-refractivity contribution in [1.82, 2.24) is 5.32 Å². The Morgan fingerprint density at radius 3 is 2.60 bits per heavy atom. The van der Waals surface area contributed by atoms with E-state index in [2.05, 4.69) is 5.32 Å². The lowest BCUT2D eigenvalue weighted by Crippen LogP contribution is -2.36. The van der Waals surface area contributed by atoms with Gasteiger partial charge in [-0.2, -0.15) is 0 Å². The van der Waals surface area contributed by atoms with Crippen molar-refractivity contribution >= 4 is 0 Å². The zero-order valence-corrected chi connectivity index (χ0v) is 12.6. The molecular weight excluding hydrogens is 254 g/mol. The SMILES string of the molecule is OC(CNCC1CCCC(O)C1)COC1CCCCC1. The van der Waals surface area contributed by atoms with Gasteiger partial charge in [-0.1, -0.05) is 25.7 Å². The van der Waals surface area contributed by atoms with E-state index < -0.39 is 6.10 Å². The molecule has 118 valence electrons. The van der Waals surface area contributed by atoms with E-state index in [1.807, 2.05) is 0 Å². The molecule has 0 saturated heterocycles. The summed E-state index contributed by atoms with van der Waals surface area (Å²) in [6, 6.07) is 0. The summed E-state index contributed by atoms with van der Waals surface area (Å²) in [4.78, 5) is 0. The van der Waals surface area contributed by atoms with Crippen molar-refractivity contribution in [2.24, 2.45) is 5.92 Å². The highest BCUT2D eigenvalue weighted by Gasteiger charge is 2.20. The lowest BCUT2D eigenvalue weighted by molar-refractivity contribution is -0.0233. The Bertz CT molecular complexity index is 256. The summed E-state index contributed by atoms with van der Waals surface area (Å²) in [6.07, 6.45) is 10.2. The number of nitrogens with one attached hydrogen (secondary N) is 1. The fraction of sp³-hybridized carbons (Fsp3) is 1.00. The summed E-state index contributed by atoms with van der Waals surface area (Å²) in [5.74, 6) is 0.560. The molecule has 2 saturated carbocycles. The van der Waals surface area contributed by atoms with Crippen LogP contribution in [0.15, 0.2) is 0 Å². The molecule has 2 fully saturated rings. The van der Waals surface area contributed by atoms with Crippen LogP contribution in [0.2, 0.25) is 0 Å². The van der Waals surface area contributed by atoms with Crippen molar-refractivity contribution < 1.29 is 14.9 Å². The highest BCUT2D eigenvalue weighted by Crippen LogP contribution is 2.23. The van der Waals surface area contributed by atoms with Gasteiger partial charge in [-0.25, -0.2) is 0 Å². The second-order valence-corrected chi connectivity index (χ2v) is 6.59. The van der Waals surface area contributed by atoms with Gasteiger partial charge < -0.3 is 20.3 Å². The van der Waals surface area contributed by atoms with Crippen molar-refractivity contribution in [3.05, 3.63) is 0 Å². The summed E-state index contributed by atoms with van der Waals surface area (Å²) in [6.45, 7) is 1.95. The highest BCUT2D eigenvalue weighted by atomic mass is 16.5. The zero-order valence-electron chi connectivity index (χ0n) is 12.6. The monoisotopic (exact) mass is 285 g/mol.